The number of fused-ring (bicyclic) bond motifs is 1. The highest BCUT2D eigenvalue weighted by Crippen LogP contribution is 2.54. The van der Waals surface area contributed by atoms with Gasteiger partial charge in [0.25, 0.3) is 0 Å². The van der Waals surface area contributed by atoms with Gasteiger partial charge in [-0.25, -0.2) is 4.79 Å². The summed E-state index contributed by atoms with van der Waals surface area (Å²) in [6, 6.07) is 9.44. The number of nitrogens with zero attached hydrogens (tertiary/aromatic N) is 1. The Morgan fingerprint density at radius 2 is 2.17 bits per heavy atom. The van der Waals surface area contributed by atoms with Gasteiger partial charge in [0, 0.05) is 4.91 Å². The zero-order valence-electron chi connectivity index (χ0n) is 13.3. The molecule has 1 amide bonds. The van der Waals surface area contributed by atoms with Gasteiger partial charge in [-0.2, -0.15) is 0 Å². The molecule has 1 fully saturated rings. The Balaban J connectivity index is 1.96. The summed E-state index contributed by atoms with van der Waals surface area (Å²) in [6.07, 6.45) is 1.28. The maximum atomic E-state index is 12.5. The van der Waals surface area contributed by atoms with Crippen LogP contribution in [-0.4, -0.2) is 40.0 Å². The summed E-state index contributed by atoms with van der Waals surface area (Å²) in [5, 5.41) is 9.85. The SMILES string of the molecule is C=CCOC(=O)C1=C(c2ccccc2)S[C@@H]2[C@H]([C@@H](O)CC)C(=O)N12. The fraction of sp³-hybridized carbons (Fsp3) is 0.333. The summed E-state index contributed by atoms with van der Waals surface area (Å²) >= 11 is 1.44. The molecule has 0 aromatic heterocycles. The first kappa shape index (κ1) is 16.8. The van der Waals surface area contributed by atoms with E-state index in [0.717, 1.165) is 5.56 Å². The molecule has 2 heterocycles. The predicted octanol–water partition coefficient (Wildman–Crippen LogP) is 2.39. The monoisotopic (exact) mass is 345 g/mol. The second kappa shape index (κ2) is 6.83. The summed E-state index contributed by atoms with van der Waals surface area (Å²) in [4.78, 5) is 27.1. The molecule has 24 heavy (non-hydrogen) atoms. The summed E-state index contributed by atoms with van der Waals surface area (Å²) in [7, 11) is 0. The standard InChI is InChI=1S/C18H19NO4S/c1-3-10-23-18(22)14-15(11-8-6-5-7-9-11)24-17-13(12(20)4-2)16(21)19(14)17/h3,5-9,12-13,17,20H,1,4,10H2,2H3/t12-,13+,17+/m0/s1. The Hall–Kier alpha value is -2.05. The van der Waals surface area contributed by atoms with Crippen LogP contribution in [0.25, 0.3) is 4.91 Å². The van der Waals surface area contributed by atoms with Gasteiger partial charge in [-0.1, -0.05) is 61.7 Å². The molecule has 0 saturated carbocycles. The highest BCUT2D eigenvalue weighted by Gasteiger charge is 2.58. The minimum absolute atomic E-state index is 0.0861. The molecule has 0 spiro atoms. The Labute approximate surface area is 145 Å². The average Bonchev–Trinajstić information content (AvgIpc) is 2.95. The normalized spacial score (nSPS) is 23.6. The van der Waals surface area contributed by atoms with Gasteiger partial charge in [-0.15, -0.1) is 0 Å². The van der Waals surface area contributed by atoms with Crippen LogP contribution in [0.1, 0.15) is 18.9 Å². The summed E-state index contributed by atoms with van der Waals surface area (Å²) in [5.41, 5.74) is 1.13. The maximum Gasteiger partial charge on any atom is 0.356 e. The van der Waals surface area contributed by atoms with E-state index in [4.69, 9.17) is 4.74 Å². The Morgan fingerprint density at radius 1 is 1.46 bits per heavy atom. The number of β-lactam (4-membered cyclic amide) rings is 1. The first-order valence-electron chi connectivity index (χ1n) is 7.85. The first-order valence-corrected chi connectivity index (χ1v) is 8.73. The Kier molecular flexibility index (Phi) is 4.78. The van der Waals surface area contributed by atoms with Gasteiger partial charge < -0.3 is 9.84 Å². The second-order valence-electron chi connectivity index (χ2n) is 5.65. The van der Waals surface area contributed by atoms with Crippen LogP contribution in [0.5, 0.6) is 0 Å². The zero-order chi connectivity index (χ0) is 17.3. The molecule has 0 aliphatic carbocycles. The molecule has 6 heteroatoms. The Morgan fingerprint density at radius 3 is 2.79 bits per heavy atom. The van der Waals surface area contributed by atoms with Crippen LogP contribution in [0.4, 0.5) is 0 Å². The number of aliphatic hydroxyl groups is 1. The van der Waals surface area contributed by atoms with E-state index in [1.54, 1.807) is 0 Å². The molecule has 1 aromatic carbocycles. The lowest BCUT2D eigenvalue weighted by Gasteiger charge is -2.44. The van der Waals surface area contributed by atoms with Crippen molar-refractivity contribution in [2.45, 2.75) is 24.8 Å². The number of ether oxygens (including phenoxy) is 1. The van der Waals surface area contributed by atoms with E-state index in [-0.39, 0.29) is 23.6 Å². The first-order chi connectivity index (χ1) is 11.6. The number of carbonyl (C=O) groups is 2. The maximum absolute atomic E-state index is 12.5. The van der Waals surface area contributed by atoms with Crippen LogP contribution in [0.3, 0.4) is 0 Å². The van der Waals surface area contributed by atoms with Crippen molar-refractivity contribution in [3.05, 3.63) is 54.2 Å². The minimum atomic E-state index is -0.702. The molecule has 3 atom stereocenters. The van der Waals surface area contributed by atoms with Crippen molar-refractivity contribution in [2.24, 2.45) is 5.92 Å². The molecule has 2 aliphatic rings. The molecular weight excluding hydrogens is 326 g/mol. The molecule has 5 nitrogen and oxygen atoms in total. The van der Waals surface area contributed by atoms with E-state index >= 15 is 0 Å². The largest absolute Gasteiger partial charge is 0.457 e. The molecule has 3 rings (SSSR count). The van der Waals surface area contributed by atoms with E-state index in [1.807, 2.05) is 37.3 Å². The van der Waals surface area contributed by atoms with Gasteiger partial charge in [0.2, 0.25) is 5.91 Å². The lowest BCUT2D eigenvalue weighted by molar-refractivity contribution is -0.158. The molecule has 0 radical (unpaired) electrons. The van der Waals surface area contributed by atoms with Crippen molar-refractivity contribution in [3.63, 3.8) is 0 Å². The average molecular weight is 345 g/mol. The van der Waals surface area contributed by atoms with Crippen molar-refractivity contribution in [2.75, 3.05) is 6.61 Å². The summed E-state index contributed by atoms with van der Waals surface area (Å²) in [6.45, 7) is 5.46. The van der Waals surface area contributed by atoms with Crippen molar-refractivity contribution in [1.29, 1.82) is 0 Å². The fourth-order valence-electron chi connectivity index (χ4n) is 2.93. The number of rotatable bonds is 6. The van der Waals surface area contributed by atoms with Crippen LogP contribution in [-0.2, 0) is 14.3 Å². The molecule has 1 aromatic rings. The topological polar surface area (TPSA) is 66.8 Å². The van der Waals surface area contributed by atoms with E-state index in [9.17, 15) is 14.7 Å². The number of carbonyl (C=O) groups excluding carboxylic acids is 2. The fourth-order valence-corrected chi connectivity index (χ4v) is 4.50. The van der Waals surface area contributed by atoms with Crippen LogP contribution < -0.4 is 0 Å². The van der Waals surface area contributed by atoms with Gasteiger partial charge in [0.1, 0.15) is 17.7 Å². The van der Waals surface area contributed by atoms with Gasteiger partial charge in [-0.05, 0) is 12.0 Å². The third-order valence-corrected chi connectivity index (χ3v) is 5.58. The quantitative estimate of drug-likeness (QED) is 0.487. The van der Waals surface area contributed by atoms with E-state index in [2.05, 4.69) is 6.58 Å². The number of amides is 1. The van der Waals surface area contributed by atoms with Gasteiger partial charge in [0.15, 0.2) is 0 Å². The zero-order valence-corrected chi connectivity index (χ0v) is 14.2. The molecule has 126 valence electrons. The highest BCUT2D eigenvalue weighted by molar-refractivity contribution is 8.09. The van der Waals surface area contributed by atoms with Gasteiger partial charge >= 0.3 is 5.97 Å². The van der Waals surface area contributed by atoms with Crippen molar-refractivity contribution in [1.82, 2.24) is 4.90 Å². The van der Waals surface area contributed by atoms with Crippen LogP contribution in [0, 0.1) is 5.92 Å². The van der Waals surface area contributed by atoms with Crippen molar-refractivity contribution < 1.29 is 19.4 Å². The summed E-state index contributed by atoms with van der Waals surface area (Å²) < 4.78 is 5.17. The minimum Gasteiger partial charge on any atom is -0.457 e. The van der Waals surface area contributed by atoms with Gasteiger partial charge in [-0.3, -0.25) is 9.69 Å². The van der Waals surface area contributed by atoms with Crippen LogP contribution in [0.2, 0.25) is 0 Å². The third-order valence-electron chi connectivity index (χ3n) is 4.17. The van der Waals surface area contributed by atoms with Gasteiger partial charge in [0.05, 0.1) is 12.0 Å². The predicted molar refractivity (Wildman–Crippen MR) is 92.5 cm³/mol. The van der Waals surface area contributed by atoms with Crippen LogP contribution in [0.15, 0.2) is 48.7 Å². The molecule has 1 N–H and O–H groups in total. The lowest BCUT2D eigenvalue weighted by Crippen LogP contribution is -2.61. The lowest BCUT2D eigenvalue weighted by atomic mass is 9.89. The molecular formula is C18H19NO4S. The van der Waals surface area contributed by atoms with E-state index in [0.29, 0.717) is 11.3 Å². The smallest absolute Gasteiger partial charge is 0.356 e. The molecule has 1 saturated heterocycles. The number of esters is 1. The summed E-state index contributed by atoms with van der Waals surface area (Å²) in [5.74, 6) is -1.25. The van der Waals surface area contributed by atoms with E-state index < -0.39 is 18.0 Å². The number of benzene rings is 1. The second-order valence-corrected chi connectivity index (χ2v) is 6.78. The molecule has 0 bridgehead atoms. The number of hydrogen-bond acceptors (Lipinski definition) is 5. The molecule has 2 aliphatic heterocycles. The highest BCUT2D eigenvalue weighted by atomic mass is 32.2. The number of thioether (sulfide) groups is 1. The number of aliphatic hydroxyl groups excluding tert-OH is 1. The van der Waals surface area contributed by atoms with E-state index in [1.165, 1.54) is 22.7 Å². The third kappa shape index (κ3) is 2.65. The van der Waals surface area contributed by atoms with Crippen LogP contribution >= 0.6 is 11.8 Å². The van der Waals surface area contributed by atoms with Crippen molar-refractivity contribution in [3.8, 4) is 0 Å². The number of hydrogen-bond donors (Lipinski definition) is 1. The van der Waals surface area contributed by atoms with Crippen molar-refractivity contribution >= 4 is 28.5 Å². The Bertz CT molecular complexity index is 700. The molecule has 0 unspecified atom stereocenters.